The van der Waals surface area contributed by atoms with Crippen LogP contribution in [0.4, 0.5) is 11.4 Å². The topological polar surface area (TPSA) is 136 Å². The number of benzene rings is 5. The van der Waals surface area contributed by atoms with Crippen LogP contribution in [0.25, 0.3) is 32.8 Å². The highest BCUT2D eigenvalue weighted by Crippen LogP contribution is 2.34. The fourth-order valence-electron chi connectivity index (χ4n) is 7.20. The van der Waals surface area contributed by atoms with Gasteiger partial charge < -0.3 is 20.1 Å². The van der Waals surface area contributed by atoms with Gasteiger partial charge in [0, 0.05) is 55.4 Å². The first-order valence-electron chi connectivity index (χ1n) is 18.9. The Morgan fingerprint density at radius 1 is 0.759 bits per heavy atom. The molecule has 2 N–H and O–H groups in total. The molecule has 0 fully saturated rings. The number of anilines is 2. The first-order valence-corrected chi connectivity index (χ1v) is 18.9. The number of aryl methyl sites for hydroxylation is 2. The van der Waals surface area contributed by atoms with E-state index in [2.05, 4.69) is 78.9 Å². The summed E-state index contributed by atoms with van der Waals surface area (Å²) in [6.45, 7) is 4.40. The van der Waals surface area contributed by atoms with Crippen LogP contribution in [0.3, 0.4) is 0 Å². The second-order valence-corrected chi connectivity index (χ2v) is 14.2. The van der Waals surface area contributed by atoms with E-state index in [0.717, 1.165) is 59.0 Å². The van der Waals surface area contributed by atoms with Crippen molar-refractivity contribution in [2.45, 2.75) is 26.4 Å². The average Bonchev–Trinajstić information content (AvgIpc) is 3.63. The molecule has 8 aromatic rings. The van der Waals surface area contributed by atoms with Crippen LogP contribution in [-0.4, -0.2) is 62.2 Å². The lowest BCUT2D eigenvalue weighted by Crippen LogP contribution is -2.25. The van der Waals surface area contributed by atoms with E-state index < -0.39 is 11.8 Å². The normalized spacial score (nSPS) is 11.3. The van der Waals surface area contributed by atoms with Gasteiger partial charge in [-0.05, 0) is 84.1 Å². The summed E-state index contributed by atoms with van der Waals surface area (Å²) < 4.78 is 12.9. The van der Waals surface area contributed by atoms with Gasteiger partial charge in [0.2, 0.25) is 0 Å². The van der Waals surface area contributed by atoms with Gasteiger partial charge in [0.25, 0.3) is 11.8 Å². The molecule has 0 radical (unpaired) electrons. The van der Waals surface area contributed by atoms with E-state index in [-0.39, 0.29) is 16.9 Å². The Labute approximate surface area is 335 Å². The first-order chi connectivity index (χ1) is 28.3. The minimum absolute atomic E-state index is 0.104. The molecule has 0 unspecified atom stereocenters. The minimum Gasteiger partial charge on any atom is -0.493 e. The van der Waals surface area contributed by atoms with E-state index in [1.165, 1.54) is 37.6 Å². The third kappa shape index (κ3) is 8.04. The van der Waals surface area contributed by atoms with Gasteiger partial charge >= 0.3 is 0 Å². The van der Waals surface area contributed by atoms with Crippen LogP contribution in [0.1, 0.15) is 43.1 Å². The summed E-state index contributed by atoms with van der Waals surface area (Å²) >= 11 is 0. The molecule has 0 saturated heterocycles. The molecular formula is C46H42N8O4. The smallest absolute Gasteiger partial charge is 0.275 e. The Morgan fingerprint density at radius 3 is 2.34 bits per heavy atom. The third-order valence-corrected chi connectivity index (χ3v) is 10.3. The summed E-state index contributed by atoms with van der Waals surface area (Å²) in [6, 6.07) is 33.2. The highest BCUT2D eigenvalue weighted by atomic mass is 16.5. The van der Waals surface area contributed by atoms with Crippen molar-refractivity contribution < 1.29 is 19.1 Å². The maximum absolute atomic E-state index is 13.8. The average molecular weight is 771 g/mol. The first kappa shape index (κ1) is 37.7. The number of carbonyl (C=O) groups is 2. The molecule has 8 rings (SSSR count). The minimum atomic E-state index is -0.525. The number of methoxy groups -OCH3 is 2. The summed E-state index contributed by atoms with van der Waals surface area (Å²) in [5.41, 5.74) is 9.20. The van der Waals surface area contributed by atoms with Crippen LogP contribution in [0.15, 0.2) is 122 Å². The lowest BCUT2D eigenvalue weighted by atomic mass is 10.0. The standard InChI is InChI=1S/C46H42N8O4/c1-29-11-15-32(35-8-7-20-47-44(29)35)28-54(27-31-14-18-41-33(22-31)25-49-53(41)2)21-19-30-12-16-34(17-13-30)50-45(55)36-23-42(57-3)43(58-4)24-39(36)52-46(56)40-26-48-37-9-5-6-10-38(37)51-40/h5-18,20,22-26H,19,21,27-28H2,1-4H3,(H,50,55)(H,52,56). The van der Waals surface area contributed by atoms with Crippen LogP contribution in [0, 0.1) is 6.92 Å². The monoisotopic (exact) mass is 770 g/mol. The largest absolute Gasteiger partial charge is 0.493 e. The summed E-state index contributed by atoms with van der Waals surface area (Å²) in [7, 11) is 4.93. The van der Waals surface area contributed by atoms with Gasteiger partial charge in [0.05, 0.1) is 59.9 Å². The highest BCUT2D eigenvalue weighted by Gasteiger charge is 2.21. The number of nitrogens with one attached hydrogen (secondary N) is 2. The molecular weight excluding hydrogens is 729 g/mol. The summed E-state index contributed by atoms with van der Waals surface area (Å²) in [5.74, 6) is -0.276. The summed E-state index contributed by atoms with van der Waals surface area (Å²) in [4.78, 5) is 43.2. The van der Waals surface area contributed by atoms with Crippen LogP contribution in [0.2, 0.25) is 0 Å². The van der Waals surface area contributed by atoms with Crippen molar-refractivity contribution in [3.05, 3.63) is 155 Å². The number of hydrogen-bond donors (Lipinski definition) is 2. The molecule has 0 bridgehead atoms. The SMILES string of the molecule is COc1cc(NC(=O)c2cnc3ccccc3n2)c(C(=O)Nc2ccc(CCN(Cc3ccc4c(cnn4C)c3)Cc3ccc(C)c4ncccc34)cc2)cc1OC. The molecule has 2 amide bonds. The van der Waals surface area contributed by atoms with Crippen molar-refractivity contribution in [1.82, 2.24) is 29.6 Å². The number of fused-ring (bicyclic) bond motifs is 3. The van der Waals surface area contributed by atoms with Gasteiger partial charge in [-0.3, -0.25) is 29.1 Å². The van der Waals surface area contributed by atoms with Gasteiger partial charge in [0.15, 0.2) is 11.5 Å². The fraction of sp³-hybridized carbons (Fsp3) is 0.174. The van der Waals surface area contributed by atoms with Crippen molar-refractivity contribution in [2.75, 3.05) is 31.4 Å². The Bertz CT molecular complexity index is 2800. The number of pyridine rings is 1. The van der Waals surface area contributed by atoms with Gasteiger partial charge in [-0.1, -0.05) is 48.5 Å². The lowest BCUT2D eigenvalue weighted by molar-refractivity contribution is 0.102. The van der Waals surface area contributed by atoms with E-state index >= 15 is 0 Å². The molecule has 12 heteroatoms. The van der Waals surface area contributed by atoms with Gasteiger partial charge in [-0.2, -0.15) is 5.10 Å². The zero-order valence-electron chi connectivity index (χ0n) is 32.7. The molecule has 5 aromatic carbocycles. The number of aromatic nitrogens is 5. The lowest BCUT2D eigenvalue weighted by Gasteiger charge is -2.24. The number of amides is 2. The number of nitrogens with zero attached hydrogens (tertiary/aromatic N) is 6. The van der Waals surface area contributed by atoms with E-state index in [9.17, 15) is 9.59 Å². The van der Waals surface area contributed by atoms with Gasteiger partial charge in [0.1, 0.15) is 5.69 Å². The molecule has 3 heterocycles. The third-order valence-electron chi connectivity index (χ3n) is 10.3. The molecule has 290 valence electrons. The number of carbonyl (C=O) groups excluding carboxylic acids is 2. The molecule has 12 nitrogen and oxygen atoms in total. The number of rotatable bonds is 13. The maximum atomic E-state index is 13.8. The van der Waals surface area contributed by atoms with Gasteiger partial charge in [-0.15, -0.1) is 0 Å². The van der Waals surface area contributed by atoms with Crippen LogP contribution in [-0.2, 0) is 26.6 Å². The van der Waals surface area contributed by atoms with Crippen molar-refractivity contribution in [2.24, 2.45) is 7.05 Å². The molecule has 0 saturated carbocycles. The van der Waals surface area contributed by atoms with E-state index in [0.29, 0.717) is 28.2 Å². The van der Waals surface area contributed by atoms with Gasteiger partial charge in [-0.25, -0.2) is 4.98 Å². The Hall–Kier alpha value is -7.18. The Morgan fingerprint density at radius 2 is 1.53 bits per heavy atom. The molecule has 0 aliphatic rings. The van der Waals surface area contributed by atoms with Crippen LogP contribution in [0.5, 0.6) is 11.5 Å². The van der Waals surface area contributed by atoms with Crippen molar-refractivity contribution in [1.29, 1.82) is 0 Å². The van der Waals surface area contributed by atoms with Crippen molar-refractivity contribution in [3.8, 4) is 11.5 Å². The fourth-order valence-corrected chi connectivity index (χ4v) is 7.20. The van der Waals surface area contributed by atoms with Crippen molar-refractivity contribution in [3.63, 3.8) is 0 Å². The van der Waals surface area contributed by atoms with Crippen LogP contribution >= 0.6 is 0 Å². The molecule has 0 atom stereocenters. The predicted molar refractivity (Wildman–Crippen MR) is 226 cm³/mol. The number of hydrogen-bond acceptors (Lipinski definition) is 9. The zero-order valence-corrected chi connectivity index (χ0v) is 32.7. The molecule has 0 spiro atoms. The van der Waals surface area contributed by atoms with E-state index in [1.54, 1.807) is 12.1 Å². The molecule has 3 aromatic heterocycles. The predicted octanol–water partition coefficient (Wildman–Crippen LogP) is 8.14. The zero-order chi connectivity index (χ0) is 40.2. The quantitative estimate of drug-likeness (QED) is 0.119. The van der Waals surface area contributed by atoms with E-state index in [1.807, 2.05) is 72.7 Å². The Kier molecular flexibility index (Phi) is 10.7. The second-order valence-electron chi connectivity index (χ2n) is 14.2. The molecule has 0 aliphatic heterocycles. The number of para-hydroxylation sites is 2. The maximum Gasteiger partial charge on any atom is 0.275 e. The van der Waals surface area contributed by atoms with E-state index in [4.69, 9.17) is 9.47 Å². The van der Waals surface area contributed by atoms with Crippen molar-refractivity contribution >= 4 is 56.0 Å². The number of ether oxygens (including phenoxy) is 2. The molecule has 0 aliphatic carbocycles. The highest BCUT2D eigenvalue weighted by molar-refractivity contribution is 6.13. The molecule has 58 heavy (non-hydrogen) atoms. The Balaban J connectivity index is 0.991. The summed E-state index contributed by atoms with van der Waals surface area (Å²) in [5, 5.41) is 12.5. The summed E-state index contributed by atoms with van der Waals surface area (Å²) in [6.07, 6.45) is 5.95. The van der Waals surface area contributed by atoms with Crippen LogP contribution < -0.4 is 20.1 Å². The second kappa shape index (κ2) is 16.5.